The summed E-state index contributed by atoms with van der Waals surface area (Å²) in [6, 6.07) is 13.3. The molecule has 0 unspecified atom stereocenters. The van der Waals surface area contributed by atoms with Crippen LogP contribution in [0.3, 0.4) is 0 Å². The first-order valence-corrected chi connectivity index (χ1v) is 4.71. The van der Waals surface area contributed by atoms with Gasteiger partial charge >= 0.3 is 0 Å². The van der Waals surface area contributed by atoms with Gasteiger partial charge in [-0.3, -0.25) is 0 Å². The van der Waals surface area contributed by atoms with Crippen LogP contribution in [0.5, 0.6) is 0 Å². The summed E-state index contributed by atoms with van der Waals surface area (Å²) in [5.41, 5.74) is 1.92. The third kappa shape index (κ3) is 2.04. The summed E-state index contributed by atoms with van der Waals surface area (Å²) in [5, 5.41) is 0. The van der Waals surface area contributed by atoms with Gasteiger partial charge in [-0.1, -0.05) is 42.5 Å². The zero-order chi connectivity index (χ0) is 10.7. The minimum Gasteiger partial charge on any atom is -0.246 e. The molecule has 15 heavy (non-hydrogen) atoms. The quantitative estimate of drug-likeness (QED) is 0.694. The highest BCUT2D eigenvalue weighted by Gasteiger charge is 2.03. The molecule has 0 aromatic heterocycles. The second kappa shape index (κ2) is 4.22. The fourth-order valence-electron chi connectivity index (χ4n) is 1.47. The summed E-state index contributed by atoms with van der Waals surface area (Å²) in [6.07, 6.45) is 0. The van der Waals surface area contributed by atoms with Gasteiger partial charge in [0.15, 0.2) is 0 Å². The molecule has 2 rings (SSSR count). The third-order valence-electron chi connectivity index (χ3n) is 2.29. The van der Waals surface area contributed by atoms with Gasteiger partial charge in [-0.25, -0.2) is 8.78 Å². The smallest absolute Gasteiger partial charge is 0.131 e. The molecule has 2 heteroatoms. The van der Waals surface area contributed by atoms with Crippen LogP contribution in [0, 0.1) is 5.82 Å². The van der Waals surface area contributed by atoms with E-state index in [0.29, 0.717) is 11.1 Å². The molecule has 0 saturated carbocycles. The topological polar surface area (TPSA) is 0 Å². The second-order valence-electron chi connectivity index (χ2n) is 3.31. The van der Waals surface area contributed by atoms with Crippen LogP contribution in [0.2, 0.25) is 0 Å². The summed E-state index contributed by atoms with van der Waals surface area (Å²) in [5.74, 6) is -0.259. The highest BCUT2D eigenvalue weighted by molar-refractivity contribution is 5.64. The molecule has 2 aromatic carbocycles. The van der Waals surface area contributed by atoms with E-state index in [1.807, 2.05) is 0 Å². The molecule has 76 valence electrons. The molecule has 0 aliphatic heterocycles. The molecule has 0 aliphatic carbocycles. The number of hydrogen-bond donors (Lipinski definition) is 0. The lowest BCUT2D eigenvalue weighted by molar-refractivity contribution is 0.485. The molecule has 0 spiro atoms. The number of benzene rings is 2. The monoisotopic (exact) mass is 204 g/mol. The number of hydrogen-bond acceptors (Lipinski definition) is 0. The molecule has 0 N–H and O–H groups in total. The summed E-state index contributed by atoms with van der Waals surface area (Å²) >= 11 is 0. The van der Waals surface area contributed by atoms with E-state index < -0.39 is 6.67 Å². The van der Waals surface area contributed by atoms with E-state index in [1.54, 1.807) is 42.5 Å². The Kier molecular flexibility index (Phi) is 2.77. The van der Waals surface area contributed by atoms with Gasteiger partial charge in [-0.2, -0.15) is 0 Å². The zero-order valence-corrected chi connectivity index (χ0v) is 8.08. The van der Waals surface area contributed by atoms with Crippen molar-refractivity contribution in [1.29, 1.82) is 0 Å². The van der Waals surface area contributed by atoms with Crippen molar-refractivity contribution in [1.82, 2.24) is 0 Å². The van der Waals surface area contributed by atoms with Crippen molar-refractivity contribution >= 4 is 0 Å². The largest absolute Gasteiger partial charge is 0.246 e. The van der Waals surface area contributed by atoms with Gasteiger partial charge in [0, 0.05) is 5.56 Å². The first-order chi connectivity index (χ1) is 7.31. The lowest BCUT2D eigenvalue weighted by Crippen LogP contribution is -1.84. The van der Waals surface area contributed by atoms with Crippen LogP contribution in [-0.2, 0) is 6.67 Å². The molecule has 2 aromatic rings. The van der Waals surface area contributed by atoms with E-state index >= 15 is 0 Å². The molecular weight excluding hydrogens is 194 g/mol. The molecule has 0 fully saturated rings. The van der Waals surface area contributed by atoms with E-state index in [4.69, 9.17) is 0 Å². The maximum atomic E-state index is 13.4. The Hall–Kier alpha value is -1.70. The Balaban J connectivity index is 2.42. The Morgan fingerprint density at radius 1 is 0.867 bits per heavy atom. The average Bonchev–Trinajstić information content (AvgIpc) is 2.30. The van der Waals surface area contributed by atoms with Crippen molar-refractivity contribution in [2.24, 2.45) is 0 Å². The van der Waals surface area contributed by atoms with Crippen LogP contribution in [0.15, 0.2) is 48.5 Å². The lowest BCUT2D eigenvalue weighted by atomic mass is 10.0. The van der Waals surface area contributed by atoms with E-state index in [1.165, 1.54) is 6.07 Å². The maximum absolute atomic E-state index is 13.4. The fraction of sp³-hybridized carbons (Fsp3) is 0.0769. The van der Waals surface area contributed by atoms with Crippen molar-refractivity contribution in [3.05, 3.63) is 59.9 Å². The van der Waals surface area contributed by atoms with Crippen LogP contribution in [-0.4, -0.2) is 0 Å². The van der Waals surface area contributed by atoms with Gasteiger partial charge in [-0.15, -0.1) is 0 Å². The van der Waals surface area contributed by atoms with Crippen molar-refractivity contribution in [3.8, 4) is 11.1 Å². The van der Waals surface area contributed by atoms with Gasteiger partial charge < -0.3 is 0 Å². The molecule has 0 heterocycles. The summed E-state index contributed by atoms with van der Waals surface area (Å²) in [7, 11) is 0. The zero-order valence-electron chi connectivity index (χ0n) is 8.08. The van der Waals surface area contributed by atoms with E-state index in [9.17, 15) is 8.78 Å². The fourth-order valence-corrected chi connectivity index (χ4v) is 1.47. The molecular formula is C13H10F2. The summed E-state index contributed by atoms with van der Waals surface area (Å²) < 4.78 is 25.6. The van der Waals surface area contributed by atoms with Crippen LogP contribution in [0.25, 0.3) is 11.1 Å². The molecule has 0 atom stereocenters. The second-order valence-corrected chi connectivity index (χ2v) is 3.31. The van der Waals surface area contributed by atoms with Crippen LogP contribution in [0.4, 0.5) is 8.78 Å². The number of alkyl halides is 1. The predicted octanol–water partition coefficient (Wildman–Crippen LogP) is 3.96. The Morgan fingerprint density at radius 3 is 2.13 bits per heavy atom. The average molecular weight is 204 g/mol. The molecule has 0 amide bonds. The van der Waals surface area contributed by atoms with Gasteiger partial charge in [0.2, 0.25) is 0 Å². The standard InChI is InChI=1S/C13H10F2/c14-9-10-5-7-11(8-6-10)12-3-1-2-4-13(12)15/h1-8H,9H2. The normalized spacial score (nSPS) is 10.3. The van der Waals surface area contributed by atoms with Crippen molar-refractivity contribution < 1.29 is 8.78 Å². The molecule has 0 radical (unpaired) electrons. The molecule has 0 aliphatic rings. The van der Waals surface area contributed by atoms with Crippen LogP contribution >= 0.6 is 0 Å². The molecule has 0 bridgehead atoms. The van der Waals surface area contributed by atoms with Gasteiger partial charge in [-0.05, 0) is 17.2 Å². The Bertz CT molecular complexity index is 446. The van der Waals surface area contributed by atoms with Crippen molar-refractivity contribution in [2.45, 2.75) is 6.67 Å². The van der Waals surface area contributed by atoms with E-state index in [-0.39, 0.29) is 5.82 Å². The van der Waals surface area contributed by atoms with Crippen LogP contribution < -0.4 is 0 Å². The lowest BCUT2D eigenvalue weighted by Gasteiger charge is -2.03. The highest BCUT2D eigenvalue weighted by Crippen LogP contribution is 2.22. The summed E-state index contributed by atoms with van der Waals surface area (Å²) in [6.45, 7) is -0.489. The van der Waals surface area contributed by atoms with E-state index in [2.05, 4.69) is 0 Å². The SMILES string of the molecule is FCc1ccc(-c2ccccc2F)cc1. The third-order valence-corrected chi connectivity index (χ3v) is 2.29. The predicted molar refractivity (Wildman–Crippen MR) is 56.6 cm³/mol. The number of rotatable bonds is 2. The highest BCUT2D eigenvalue weighted by atomic mass is 19.1. The minimum atomic E-state index is -0.489. The van der Waals surface area contributed by atoms with Gasteiger partial charge in [0.25, 0.3) is 0 Å². The summed E-state index contributed by atoms with van der Waals surface area (Å²) in [4.78, 5) is 0. The van der Waals surface area contributed by atoms with Crippen LogP contribution in [0.1, 0.15) is 5.56 Å². The molecule has 0 saturated heterocycles. The first kappa shape index (κ1) is 9.84. The maximum Gasteiger partial charge on any atom is 0.131 e. The van der Waals surface area contributed by atoms with Gasteiger partial charge in [0.05, 0.1) is 0 Å². The first-order valence-electron chi connectivity index (χ1n) is 4.71. The minimum absolute atomic E-state index is 0.259. The van der Waals surface area contributed by atoms with Crippen molar-refractivity contribution in [3.63, 3.8) is 0 Å². The molecule has 0 nitrogen and oxygen atoms in total. The van der Waals surface area contributed by atoms with E-state index in [0.717, 1.165) is 5.56 Å². The van der Waals surface area contributed by atoms with Crippen molar-refractivity contribution in [2.75, 3.05) is 0 Å². The number of halogens is 2. The Labute approximate surface area is 87.2 Å². The Morgan fingerprint density at radius 2 is 1.53 bits per heavy atom. The van der Waals surface area contributed by atoms with Gasteiger partial charge in [0.1, 0.15) is 12.5 Å².